The normalized spacial score (nSPS) is 15.6. The summed E-state index contributed by atoms with van der Waals surface area (Å²) in [6, 6.07) is 6.04. The number of benzene rings is 1. The van der Waals surface area contributed by atoms with Crippen LogP contribution in [0.1, 0.15) is 44.9 Å². The Morgan fingerprint density at radius 2 is 1.75 bits per heavy atom. The van der Waals surface area contributed by atoms with Gasteiger partial charge in [0, 0.05) is 24.6 Å². The van der Waals surface area contributed by atoms with Crippen molar-refractivity contribution in [3.8, 4) is 0 Å². The maximum absolute atomic E-state index is 12.8. The molecule has 1 saturated heterocycles. The maximum Gasteiger partial charge on any atom is 0.416 e. The molecule has 6 nitrogen and oxygen atoms in total. The number of amides is 2. The predicted molar refractivity (Wildman–Crippen MR) is 99.0 cm³/mol. The van der Waals surface area contributed by atoms with E-state index >= 15 is 0 Å². The van der Waals surface area contributed by atoms with Crippen LogP contribution in [0.15, 0.2) is 34.9 Å². The van der Waals surface area contributed by atoms with Crippen LogP contribution in [0.3, 0.4) is 0 Å². The molecule has 0 radical (unpaired) electrons. The Hall–Kier alpha value is -2.71. The summed E-state index contributed by atoms with van der Waals surface area (Å²) in [5, 5.41) is 9.80. The van der Waals surface area contributed by atoms with Gasteiger partial charge in [-0.1, -0.05) is 25.9 Å². The number of nitrogens with zero attached hydrogens (tertiary/aromatic N) is 3. The monoisotopic (exact) mass is 396 g/mol. The Morgan fingerprint density at radius 1 is 1.11 bits per heavy atom. The number of hydrogen-bond acceptors (Lipinski definition) is 4. The number of carbonyl (C=O) groups is 1. The number of rotatable bonds is 2. The minimum absolute atomic E-state index is 0.218. The number of carbonyl (C=O) groups excluding carboxylic acids is 1. The molecule has 1 aliphatic heterocycles. The number of aromatic nitrogens is 1. The summed E-state index contributed by atoms with van der Waals surface area (Å²) in [6.07, 6.45) is -2.76. The molecular formula is C19H23F3N4O2. The van der Waals surface area contributed by atoms with Crippen LogP contribution in [0.4, 0.5) is 29.5 Å². The SMILES string of the molecule is CC(C)(C)c1cc(NC(=O)N2CCCCN2c2ccc(C(F)(F)F)cc2)on1. The van der Waals surface area contributed by atoms with E-state index < -0.39 is 17.8 Å². The highest BCUT2D eigenvalue weighted by Crippen LogP contribution is 2.31. The number of hydrogen-bond donors (Lipinski definition) is 1. The summed E-state index contributed by atoms with van der Waals surface area (Å²) < 4.78 is 43.6. The van der Waals surface area contributed by atoms with E-state index in [1.165, 1.54) is 17.1 Å². The van der Waals surface area contributed by atoms with Crippen molar-refractivity contribution in [3.05, 3.63) is 41.6 Å². The van der Waals surface area contributed by atoms with E-state index in [9.17, 15) is 18.0 Å². The standard InChI is InChI=1S/C19H23F3N4O2/c1-18(2,3)15-12-16(28-24-15)23-17(27)26-11-5-4-10-25(26)14-8-6-13(7-9-14)19(20,21)22/h6-9,12H,4-5,10-11H2,1-3H3,(H,23,27). The van der Waals surface area contributed by atoms with Crippen molar-refractivity contribution in [2.75, 3.05) is 23.4 Å². The van der Waals surface area contributed by atoms with Gasteiger partial charge in [0.2, 0.25) is 5.88 Å². The van der Waals surface area contributed by atoms with Gasteiger partial charge in [0.25, 0.3) is 0 Å². The number of anilines is 2. The van der Waals surface area contributed by atoms with Gasteiger partial charge in [-0.3, -0.25) is 10.3 Å². The van der Waals surface area contributed by atoms with Crippen molar-refractivity contribution < 1.29 is 22.5 Å². The van der Waals surface area contributed by atoms with Gasteiger partial charge in [-0.15, -0.1) is 0 Å². The van der Waals surface area contributed by atoms with Crippen LogP contribution in [-0.4, -0.2) is 29.3 Å². The molecule has 3 rings (SSSR count). The van der Waals surface area contributed by atoms with Gasteiger partial charge in [-0.25, -0.2) is 9.80 Å². The molecule has 9 heteroatoms. The fourth-order valence-electron chi connectivity index (χ4n) is 2.92. The topological polar surface area (TPSA) is 61.6 Å². The predicted octanol–water partition coefficient (Wildman–Crippen LogP) is 5.04. The first kappa shape index (κ1) is 20.0. The highest BCUT2D eigenvalue weighted by molar-refractivity contribution is 5.89. The summed E-state index contributed by atoms with van der Waals surface area (Å²) in [5.41, 5.74) is 0.293. The molecule has 28 heavy (non-hydrogen) atoms. The lowest BCUT2D eigenvalue weighted by atomic mass is 9.92. The van der Waals surface area contributed by atoms with Crippen LogP contribution in [-0.2, 0) is 11.6 Å². The smallest absolute Gasteiger partial charge is 0.338 e. The molecule has 1 aromatic carbocycles. The Kier molecular flexibility index (Phi) is 5.27. The van der Waals surface area contributed by atoms with Crippen molar-refractivity contribution in [2.24, 2.45) is 0 Å². The number of urea groups is 1. The molecule has 0 aliphatic carbocycles. The molecule has 1 aromatic heterocycles. The molecule has 0 bridgehead atoms. The Balaban J connectivity index is 1.75. The molecule has 1 aliphatic rings. The second-order valence-corrected chi connectivity index (χ2v) is 7.75. The second-order valence-electron chi connectivity index (χ2n) is 7.75. The lowest BCUT2D eigenvalue weighted by Gasteiger charge is -2.39. The Labute approximate surface area is 161 Å². The molecule has 0 spiro atoms. The van der Waals surface area contributed by atoms with E-state index in [1.807, 2.05) is 20.8 Å². The Morgan fingerprint density at radius 3 is 2.32 bits per heavy atom. The lowest BCUT2D eigenvalue weighted by Crippen LogP contribution is -2.52. The van der Waals surface area contributed by atoms with Crippen molar-refractivity contribution in [1.82, 2.24) is 10.2 Å². The van der Waals surface area contributed by atoms with Crippen molar-refractivity contribution in [3.63, 3.8) is 0 Å². The maximum atomic E-state index is 12.8. The minimum Gasteiger partial charge on any atom is -0.338 e. The fourth-order valence-corrected chi connectivity index (χ4v) is 2.92. The van der Waals surface area contributed by atoms with Crippen LogP contribution in [0, 0.1) is 0 Å². The molecule has 1 N–H and O–H groups in total. The van der Waals surface area contributed by atoms with E-state index in [1.54, 1.807) is 11.1 Å². The summed E-state index contributed by atoms with van der Waals surface area (Å²) >= 11 is 0. The molecule has 152 valence electrons. The third kappa shape index (κ3) is 4.40. The van der Waals surface area contributed by atoms with E-state index in [-0.39, 0.29) is 11.3 Å². The second kappa shape index (κ2) is 7.37. The third-order valence-corrected chi connectivity index (χ3v) is 4.52. The first-order valence-electron chi connectivity index (χ1n) is 9.06. The van der Waals surface area contributed by atoms with Gasteiger partial charge in [-0.2, -0.15) is 13.2 Å². The molecule has 1 fully saturated rings. The molecule has 2 amide bonds. The average molecular weight is 396 g/mol. The largest absolute Gasteiger partial charge is 0.416 e. The first-order valence-corrected chi connectivity index (χ1v) is 9.06. The summed E-state index contributed by atoms with van der Waals surface area (Å²) in [6.45, 7) is 6.92. The van der Waals surface area contributed by atoms with Crippen LogP contribution in [0.2, 0.25) is 0 Å². The van der Waals surface area contributed by atoms with Gasteiger partial charge in [0.15, 0.2) is 0 Å². The lowest BCUT2D eigenvalue weighted by molar-refractivity contribution is -0.137. The van der Waals surface area contributed by atoms with Crippen LogP contribution >= 0.6 is 0 Å². The summed E-state index contributed by atoms with van der Waals surface area (Å²) in [7, 11) is 0. The van der Waals surface area contributed by atoms with Gasteiger partial charge < -0.3 is 4.52 Å². The molecule has 2 heterocycles. The molecule has 0 atom stereocenters. The third-order valence-electron chi connectivity index (χ3n) is 4.52. The van der Waals surface area contributed by atoms with Crippen LogP contribution < -0.4 is 10.3 Å². The van der Waals surface area contributed by atoms with E-state index in [2.05, 4.69) is 10.5 Å². The van der Waals surface area contributed by atoms with E-state index in [4.69, 9.17) is 4.52 Å². The number of halogens is 3. The highest BCUT2D eigenvalue weighted by Gasteiger charge is 2.31. The zero-order valence-electron chi connectivity index (χ0n) is 16.0. The molecule has 0 saturated carbocycles. The summed E-state index contributed by atoms with van der Waals surface area (Å²) in [5.74, 6) is 0.230. The first-order chi connectivity index (χ1) is 13.1. The number of nitrogens with one attached hydrogen (secondary N) is 1. The number of alkyl halides is 3. The highest BCUT2D eigenvalue weighted by atomic mass is 19.4. The van der Waals surface area contributed by atoms with Crippen molar-refractivity contribution in [2.45, 2.75) is 45.2 Å². The zero-order chi connectivity index (χ0) is 20.5. The van der Waals surface area contributed by atoms with E-state index in [0.29, 0.717) is 24.5 Å². The minimum atomic E-state index is -4.39. The fraction of sp³-hybridized carbons (Fsp3) is 0.474. The van der Waals surface area contributed by atoms with Crippen molar-refractivity contribution >= 4 is 17.6 Å². The van der Waals surface area contributed by atoms with Crippen molar-refractivity contribution in [1.29, 1.82) is 0 Å². The zero-order valence-corrected chi connectivity index (χ0v) is 16.0. The van der Waals surface area contributed by atoms with Crippen LogP contribution in [0.5, 0.6) is 0 Å². The molecule has 0 unspecified atom stereocenters. The summed E-state index contributed by atoms with van der Waals surface area (Å²) in [4.78, 5) is 12.7. The average Bonchev–Trinajstić information content (AvgIpc) is 3.10. The van der Waals surface area contributed by atoms with Gasteiger partial charge >= 0.3 is 12.2 Å². The molecular weight excluding hydrogens is 373 g/mol. The van der Waals surface area contributed by atoms with Gasteiger partial charge in [0.05, 0.1) is 16.9 Å². The van der Waals surface area contributed by atoms with Crippen LogP contribution in [0.25, 0.3) is 0 Å². The quantitative estimate of drug-likeness (QED) is 0.773. The molecule has 2 aromatic rings. The van der Waals surface area contributed by atoms with Gasteiger partial charge in [-0.05, 0) is 37.1 Å². The van der Waals surface area contributed by atoms with Gasteiger partial charge in [0.1, 0.15) is 0 Å². The number of hydrazine groups is 1. The van der Waals surface area contributed by atoms with E-state index in [0.717, 1.165) is 25.0 Å². The Bertz CT molecular complexity index is 825.